The van der Waals surface area contributed by atoms with Crippen LogP contribution in [0, 0.1) is 17.8 Å². The van der Waals surface area contributed by atoms with E-state index in [9.17, 15) is 4.79 Å². The van der Waals surface area contributed by atoms with Crippen molar-refractivity contribution in [1.29, 1.82) is 0 Å². The van der Waals surface area contributed by atoms with Crippen LogP contribution < -0.4 is 0 Å². The number of halogens is 3. The van der Waals surface area contributed by atoms with Crippen molar-refractivity contribution < 1.29 is 4.79 Å². The fourth-order valence-electron chi connectivity index (χ4n) is 2.19. The molecule has 3 fully saturated rings. The molecule has 3 rings (SSSR count). The van der Waals surface area contributed by atoms with E-state index in [1.54, 1.807) is 0 Å². The first kappa shape index (κ1) is 8.15. The number of hydrogen-bond donors (Lipinski definition) is 0. The quantitative estimate of drug-likeness (QED) is 0.482. The first-order chi connectivity index (χ1) is 5.13. The molecule has 3 saturated carbocycles. The maximum Gasteiger partial charge on any atom is 0.225 e. The van der Waals surface area contributed by atoms with E-state index in [-0.39, 0.29) is 33.8 Å². The Morgan fingerprint density at radius 2 is 1.64 bits per heavy atom. The summed E-state index contributed by atoms with van der Waals surface area (Å²) >= 11 is 17.3. The van der Waals surface area contributed by atoms with Crippen LogP contribution in [0.4, 0.5) is 0 Å². The molecule has 0 N–H and O–H groups in total. The number of alkyl halides is 2. The number of fused-ring (bicyclic) bond motifs is 1. The van der Waals surface area contributed by atoms with Crippen LogP contribution in [0.3, 0.4) is 0 Å². The third-order valence-corrected chi connectivity index (χ3v) is 4.42. The predicted molar refractivity (Wildman–Crippen MR) is 45.2 cm³/mol. The molecule has 0 saturated heterocycles. The monoisotopic (exact) mass is 212 g/mol. The Balaban J connectivity index is 2.17. The van der Waals surface area contributed by atoms with Crippen LogP contribution in [0.15, 0.2) is 0 Å². The van der Waals surface area contributed by atoms with Crippen molar-refractivity contribution in [2.75, 3.05) is 0 Å². The molecule has 1 nitrogen and oxygen atoms in total. The van der Waals surface area contributed by atoms with E-state index in [0.29, 0.717) is 0 Å². The molecular formula is C7H7Cl3O. The Hall–Kier alpha value is 0.540. The Kier molecular flexibility index (Phi) is 1.86. The number of hydrogen-bond acceptors (Lipinski definition) is 1. The molecule has 1 unspecified atom stereocenters. The van der Waals surface area contributed by atoms with Gasteiger partial charge in [0.25, 0.3) is 0 Å². The van der Waals surface area contributed by atoms with E-state index in [2.05, 4.69) is 0 Å². The van der Waals surface area contributed by atoms with Crippen molar-refractivity contribution in [3.8, 4) is 0 Å². The van der Waals surface area contributed by atoms with Crippen molar-refractivity contribution in [3.63, 3.8) is 0 Å². The highest BCUT2D eigenvalue weighted by atomic mass is 35.5. The van der Waals surface area contributed by atoms with Gasteiger partial charge in [0.05, 0.1) is 10.8 Å². The molecule has 0 radical (unpaired) electrons. The predicted octanol–water partition coefficient (Wildman–Crippen LogP) is 2.23. The van der Waals surface area contributed by atoms with Gasteiger partial charge < -0.3 is 0 Å². The molecule has 0 amide bonds. The van der Waals surface area contributed by atoms with Gasteiger partial charge in [0.1, 0.15) is 0 Å². The topological polar surface area (TPSA) is 17.1 Å². The molecule has 11 heavy (non-hydrogen) atoms. The normalized spacial score (nSPS) is 53.9. The highest BCUT2D eigenvalue weighted by molar-refractivity contribution is 6.64. The van der Waals surface area contributed by atoms with Crippen LogP contribution in [-0.4, -0.2) is 16.0 Å². The van der Waals surface area contributed by atoms with E-state index >= 15 is 0 Å². The zero-order valence-corrected chi connectivity index (χ0v) is 7.90. The fraction of sp³-hybridized carbons (Fsp3) is 0.857. The third-order valence-electron chi connectivity index (χ3n) is 2.85. The average molecular weight is 213 g/mol. The van der Waals surface area contributed by atoms with Gasteiger partial charge in [-0.3, -0.25) is 4.79 Å². The van der Waals surface area contributed by atoms with Gasteiger partial charge >= 0.3 is 0 Å². The molecule has 0 heterocycles. The molecule has 5 atom stereocenters. The van der Waals surface area contributed by atoms with Gasteiger partial charge in [-0.2, -0.15) is 0 Å². The molecule has 62 valence electrons. The minimum atomic E-state index is -0.264. The Bertz CT molecular complexity index is 192. The summed E-state index contributed by atoms with van der Waals surface area (Å²) in [6, 6.07) is 0. The minimum Gasteiger partial charge on any atom is -0.281 e. The Morgan fingerprint density at radius 3 is 1.82 bits per heavy atom. The van der Waals surface area contributed by atoms with E-state index in [1.165, 1.54) is 0 Å². The summed E-state index contributed by atoms with van der Waals surface area (Å²) < 4.78 is 0. The van der Waals surface area contributed by atoms with Crippen molar-refractivity contribution >= 4 is 40.0 Å². The third kappa shape index (κ3) is 0.944. The summed E-state index contributed by atoms with van der Waals surface area (Å²) in [7, 11) is 0. The molecule has 3 aliphatic carbocycles. The molecule has 0 aromatic heterocycles. The van der Waals surface area contributed by atoms with Gasteiger partial charge in [0, 0.05) is 5.92 Å². The van der Waals surface area contributed by atoms with Crippen molar-refractivity contribution in [1.82, 2.24) is 0 Å². The summed E-state index contributed by atoms with van der Waals surface area (Å²) in [6.07, 6.45) is 0.978. The zero-order chi connectivity index (χ0) is 8.17. The lowest BCUT2D eigenvalue weighted by Crippen LogP contribution is -2.34. The van der Waals surface area contributed by atoms with Gasteiger partial charge in [-0.1, -0.05) is 0 Å². The lowest BCUT2D eigenvalue weighted by atomic mass is 9.73. The van der Waals surface area contributed by atoms with Crippen molar-refractivity contribution in [3.05, 3.63) is 0 Å². The molecule has 0 aliphatic heterocycles. The first-order valence-corrected chi connectivity index (χ1v) is 4.85. The van der Waals surface area contributed by atoms with Crippen LogP contribution in [-0.2, 0) is 4.79 Å². The van der Waals surface area contributed by atoms with Gasteiger partial charge in [-0.05, 0) is 29.9 Å². The number of rotatable bonds is 1. The Labute approximate surface area is 80.0 Å². The second-order valence-electron chi connectivity index (χ2n) is 3.28. The lowest BCUT2D eigenvalue weighted by molar-refractivity contribution is -0.120. The Morgan fingerprint density at radius 1 is 1.18 bits per heavy atom. The summed E-state index contributed by atoms with van der Waals surface area (Å²) in [5.41, 5.74) is 0. The summed E-state index contributed by atoms with van der Waals surface area (Å²) in [5.74, 6) is 0.435. The van der Waals surface area contributed by atoms with Crippen LogP contribution in [0.25, 0.3) is 0 Å². The second kappa shape index (κ2) is 2.51. The van der Waals surface area contributed by atoms with E-state index in [1.807, 2.05) is 0 Å². The maximum atomic E-state index is 10.8. The minimum absolute atomic E-state index is 0.0469. The lowest BCUT2D eigenvalue weighted by Gasteiger charge is -2.32. The van der Waals surface area contributed by atoms with Crippen LogP contribution >= 0.6 is 34.8 Å². The van der Waals surface area contributed by atoms with Gasteiger partial charge in [0.15, 0.2) is 0 Å². The molecule has 0 aromatic carbocycles. The molecule has 0 aromatic rings. The highest BCUT2D eigenvalue weighted by Gasteiger charge is 2.60. The SMILES string of the molecule is O=C(Cl)C1[C@@H]2C[C@@H]1[C@@H](Cl)[C@H]2Cl. The average Bonchev–Trinajstić information content (AvgIpc) is 2.17. The summed E-state index contributed by atoms with van der Waals surface area (Å²) in [6.45, 7) is 0. The van der Waals surface area contributed by atoms with E-state index in [0.717, 1.165) is 6.42 Å². The van der Waals surface area contributed by atoms with E-state index in [4.69, 9.17) is 34.8 Å². The van der Waals surface area contributed by atoms with Crippen molar-refractivity contribution in [2.45, 2.75) is 17.2 Å². The van der Waals surface area contributed by atoms with Gasteiger partial charge in [-0.15, -0.1) is 23.2 Å². The maximum absolute atomic E-state index is 10.8. The molecule has 2 bridgehead atoms. The molecular weight excluding hydrogens is 206 g/mol. The number of carbonyl (C=O) groups is 1. The van der Waals surface area contributed by atoms with Crippen LogP contribution in [0.1, 0.15) is 6.42 Å². The second-order valence-corrected chi connectivity index (χ2v) is 4.66. The molecule has 4 heteroatoms. The fourth-order valence-corrected chi connectivity index (χ4v) is 3.41. The standard InChI is InChI=1S/C7H7Cl3O/c8-5-2-1-3(6(5)9)4(2)7(10)11/h2-6H,1H2/t2-,3-,4?,5-,6+/m0/s1. The molecule has 3 aliphatic rings. The van der Waals surface area contributed by atoms with Crippen LogP contribution in [0.5, 0.6) is 0 Å². The largest absolute Gasteiger partial charge is 0.281 e. The highest BCUT2D eigenvalue weighted by Crippen LogP contribution is 2.58. The van der Waals surface area contributed by atoms with Gasteiger partial charge in [-0.25, -0.2) is 0 Å². The summed E-state index contributed by atoms with van der Waals surface area (Å²) in [4.78, 5) is 10.8. The van der Waals surface area contributed by atoms with Gasteiger partial charge in [0.2, 0.25) is 5.24 Å². The van der Waals surface area contributed by atoms with Crippen LogP contribution in [0.2, 0.25) is 0 Å². The molecule has 0 spiro atoms. The summed E-state index contributed by atoms with van der Waals surface area (Å²) in [5, 5.41) is -0.358. The van der Waals surface area contributed by atoms with Crippen molar-refractivity contribution in [2.24, 2.45) is 17.8 Å². The number of carbonyl (C=O) groups excluding carboxylic acids is 1. The smallest absolute Gasteiger partial charge is 0.225 e. The first-order valence-electron chi connectivity index (χ1n) is 3.60. The zero-order valence-electron chi connectivity index (χ0n) is 5.64. The van der Waals surface area contributed by atoms with E-state index < -0.39 is 0 Å².